The molecule has 376 valence electrons. The zero-order valence-corrected chi connectivity index (χ0v) is 43.1. The number of hydrogen-bond acceptors (Lipinski definition) is 4. The summed E-state index contributed by atoms with van der Waals surface area (Å²) in [5.74, 6) is -0.623. The zero-order chi connectivity index (χ0) is 48.4. The minimum atomic E-state index is -0.275. The molecule has 4 N–H and O–H groups in total. The van der Waals surface area contributed by atoms with Crippen molar-refractivity contribution >= 4 is 33.4 Å². The van der Waals surface area contributed by atoms with Crippen molar-refractivity contribution < 1.29 is 19.8 Å². The molecule has 0 saturated heterocycles. The lowest BCUT2D eigenvalue weighted by atomic mass is 9.90. The highest BCUT2D eigenvalue weighted by atomic mass is 16.3. The molecule has 0 saturated carbocycles. The molecule has 0 aliphatic rings. The van der Waals surface area contributed by atoms with Crippen molar-refractivity contribution in [1.82, 2.24) is 10.6 Å². The Bertz CT molecular complexity index is 1890. The number of aromatic hydroxyl groups is 2. The fourth-order valence-corrected chi connectivity index (χ4v) is 10.0. The number of carbonyl (C=O) groups excluding carboxylic acids is 2. The second kappa shape index (κ2) is 34.9. The van der Waals surface area contributed by atoms with Crippen molar-refractivity contribution in [1.29, 1.82) is 0 Å². The Kier molecular flexibility index (Phi) is 28.9. The number of amides is 2. The van der Waals surface area contributed by atoms with Crippen LogP contribution >= 0.6 is 0 Å². The van der Waals surface area contributed by atoms with Crippen molar-refractivity contribution in [3.05, 3.63) is 95.1 Å². The average molecular weight is 931 g/mol. The smallest absolute Gasteiger partial charge is 0.255 e. The van der Waals surface area contributed by atoms with Crippen LogP contribution in [0.15, 0.2) is 72.8 Å². The summed E-state index contributed by atoms with van der Waals surface area (Å²) >= 11 is 0. The molecule has 0 unspecified atom stereocenters. The molecular weight excluding hydrogens is 837 g/mol. The summed E-state index contributed by atoms with van der Waals surface area (Å²) in [5.41, 5.74) is 2.55. The summed E-state index contributed by atoms with van der Waals surface area (Å²) in [6.07, 6.45) is 42.3. The highest BCUT2D eigenvalue weighted by molar-refractivity contribution is 6.04. The molecule has 2 amide bonds. The molecule has 0 spiro atoms. The molecule has 0 heterocycles. The summed E-state index contributed by atoms with van der Waals surface area (Å²) in [4.78, 5) is 27.1. The van der Waals surface area contributed by atoms with Gasteiger partial charge in [-0.05, 0) is 59.4 Å². The Morgan fingerprint density at radius 2 is 0.676 bits per heavy atom. The highest BCUT2D eigenvalue weighted by Crippen LogP contribution is 2.37. The van der Waals surface area contributed by atoms with E-state index < -0.39 is 0 Å². The molecule has 0 bridgehead atoms. The summed E-state index contributed by atoms with van der Waals surface area (Å²) in [6, 6.07) is 19.2. The fourth-order valence-electron chi connectivity index (χ4n) is 10.0. The number of benzene rings is 4. The van der Waals surface area contributed by atoms with Gasteiger partial charge in [-0.2, -0.15) is 0 Å². The van der Waals surface area contributed by atoms with Gasteiger partial charge in [0.15, 0.2) is 0 Å². The third-order valence-corrected chi connectivity index (χ3v) is 14.2. The van der Waals surface area contributed by atoms with Crippen LogP contribution in [0, 0.1) is 0 Å². The predicted octanol–water partition coefficient (Wildman–Crippen LogP) is 17.7. The van der Waals surface area contributed by atoms with Gasteiger partial charge in [-0.15, -0.1) is 0 Å². The van der Waals surface area contributed by atoms with Crippen LogP contribution in [-0.4, -0.2) is 35.1 Å². The topological polar surface area (TPSA) is 98.7 Å². The SMILES string of the molecule is C=C(Cc1c(O)c(C(=O)NCCCCCCCCCCCCCCCCCC)cc2ccccc12)Cc1c(O)c(C(=O)NCCCCCCCCCCCCCCCCCC)cc2ccccc12. The van der Waals surface area contributed by atoms with E-state index >= 15 is 0 Å². The molecular formula is C62H94N2O4. The Morgan fingerprint density at radius 1 is 0.412 bits per heavy atom. The van der Waals surface area contributed by atoms with Gasteiger partial charge in [-0.1, -0.05) is 267 Å². The highest BCUT2D eigenvalue weighted by Gasteiger charge is 2.22. The quantitative estimate of drug-likeness (QED) is 0.0264. The monoisotopic (exact) mass is 931 g/mol. The van der Waals surface area contributed by atoms with Gasteiger partial charge in [-0.3, -0.25) is 9.59 Å². The van der Waals surface area contributed by atoms with E-state index in [2.05, 4.69) is 31.1 Å². The van der Waals surface area contributed by atoms with E-state index in [4.69, 9.17) is 0 Å². The molecule has 4 aromatic rings. The van der Waals surface area contributed by atoms with Crippen LogP contribution in [0.1, 0.15) is 251 Å². The lowest BCUT2D eigenvalue weighted by molar-refractivity contribution is 0.0941. The first-order valence-electron chi connectivity index (χ1n) is 28.1. The molecule has 0 aliphatic heterocycles. The van der Waals surface area contributed by atoms with E-state index in [1.165, 1.54) is 180 Å². The summed E-state index contributed by atoms with van der Waals surface area (Å²) in [6.45, 7) is 10.1. The second-order valence-corrected chi connectivity index (χ2v) is 20.2. The van der Waals surface area contributed by atoms with E-state index in [9.17, 15) is 19.8 Å². The molecule has 6 heteroatoms. The lowest BCUT2D eigenvalue weighted by Gasteiger charge is -2.17. The van der Waals surface area contributed by atoms with Crippen LogP contribution in [-0.2, 0) is 12.8 Å². The van der Waals surface area contributed by atoms with E-state index in [0.29, 0.717) is 37.1 Å². The first-order chi connectivity index (χ1) is 33.3. The Balaban J connectivity index is 1.20. The lowest BCUT2D eigenvalue weighted by Crippen LogP contribution is -2.25. The summed E-state index contributed by atoms with van der Waals surface area (Å²) in [5, 5.41) is 33.0. The van der Waals surface area contributed by atoms with Crippen molar-refractivity contribution in [2.75, 3.05) is 13.1 Å². The van der Waals surface area contributed by atoms with E-state index in [1.54, 1.807) is 12.1 Å². The van der Waals surface area contributed by atoms with Crippen molar-refractivity contribution in [3.8, 4) is 11.5 Å². The van der Waals surface area contributed by atoms with Crippen molar-refractivity contribution in [2.45, 2.75) is 232 Å². The van der Waals surface area contributed by atoms with Gasteiger partial charge in [0, 0.05) is 24.2 Å². The number of allylic oxidation sites excluding steroid dienone is 1. The molecule has 0 fully saturated rings. The number of rotatable bonds is 40. The van der Waals surface area contributed by atoms with Gasteiger partial charge >= 0.3 is 0 Å². The maximum atomic E-state index is 13.6. The maximum Gasteiger partial charge on any atom is 0.255 e. The number of phenols is 2. The average Bonchev–Trinajstić information content (AvgIpc) is 3.34. The van der Waals surface area contributed by atoms with Crippen LogP contribution in [0.25, 0.3) is 21.5 Å². The van der Waals surface area contributed by atoms with E-state index in [-0.39, 0.29) is 34.4 Å². The van der Waals surface area contributed by atoms with Crippen LogP contribution in [0.4, 0.5) is 0 Å². The normalized spacial score (nSPS) is 11.4. The fraction of sp³-hybridized carbons (Fsp3) is 0.613. The van der Waals surface area contributed by atoms with Crippen LogP contribution in [0.3, 0.4) is 0 Å². The Hall–Kier alpha value is -4.32. The van der Waals surface area contributed by atoms with Crippen molar-refractivity contribution in [3.63, 3.8) is 0 Å². The second-order valence-electron chi connectivity index (χ2n) is 20.2. The molecule has 4 rings (SSSR count). The summed E-state index contributed by atoms with van der Waals surface area (Å²) in [7, 11) is 0. The molecule has 0 aliphatic carbocycles. The Labute approximate surface area is 414 Å². The number of phenolic OH excluding ortho intramolecular Hbond substituents is 2. The van der Waals surface area contributed by atoms with Crippen molar-refractivity contribution in [2.24, 2.45) is 0 Å². The third kappa shape index (κ3) is 21.1. The van der Waals surface area contributed by atoms with Gasteiger partial charge in [-0.25, -0.2) is 0 Å². The molecule has 0 radical (unpaired) electrons. The summed E-state index contributed by atoms with van der Waals surface area (Å²) < 4.78 is 0. The van der Waals surface area contributed by atoms with E-state index in [1.807, 2.05) is 48.5 Å². The first-order valence-corrected chi connectivity index (χ1v) is 28.1. The van der Waals surface area contributed by atoms with Crippen LogP contribution in [0.2, 0.25) is 0 Å². The van der Waals surface area contributed by atoms with Crippen LogP contribution < -0.4 is 10.6 Å². The van der Waals surface area contributed by atoms with Gasteiger partial charge in [0.1, 0.15) is 11.5 Å². The number of unbranched alkanes of at least 4 members (excludes halogenated alkanes) is 30. The van der Waals surface area contributed by atoms with Gasteiger partial charge < -0.3 is 20.8 Å². The van der Waals surface area contributed by atoms with E-state index in [0.717, 1.165) is 52.8 Å². The minimum Gasteiger partial charge on any atom is -0.507 e. The van der Waals surface area contributed by atoms with Crippen LogP contribution in [0.5, 0.6) is 11.5 Å². The van der Waals surface area contributed by atoms with Gasteiger partial charge in [0.2, 0.25) is 0 Å². The number of nitrogens with one attached hydrogen (secondary N) is 2. The third-order valence-electron chi connectivity index (χ3n) is 14.2. The van der Waals surface area contributed by atoms with Gasteiger partial charge in [0.05, 0.1) is 11.1 Å². The molecule has 0 aromatic heterocycles. The number of fused-ring (bicyclic) bond motifs is 2. The number of carbonyl (C=O) groups is 2. The predicted molar refractivity (Wildman–Crippen MR) is 292 cm³/mol. The largest absolute Gasteiger partial charge is 0.507 e. The van der Waals surface area contributed by atoms with Gasteiger partial charge in [0.25, 0.3) is 11.8 Å². The maximum absolute atomic E-state index is 13.6. The molecule has 6 nitrogen and oxygen atoms in total. The standard InChI is InChI=1S/C62H94N2O4/c1-4-6-8-10-12-14-16-18-20-22-24-26-28-30-32-38-44-63-61(67)57-48-51-40-34-36-42-53(51)55(59(57)65)46-50(3)47-56-54-43-37-35-41-52(54)49-58(60(56)66)62(68)64-45-39-33-31-29-27-25-23-21-19-17-15-13-11-9-7-5-2/h34-37,40-43,48-49,65-66H,3-33,38-39,44-47H2,1-2H3,(H,63,67)(H,64,68). The Morgan fingerprint density at radius 3 is 0.971 bits per heavy atom. The zero-order valence-electron chi connectivity index (χ0n) is 43.1. The molecule has 0 atom stereocenters. The number of hydrogen-bond donors (Lipinski definition) is 4. The molecule has 4 aromatic carbocycles. The first kappa shape index (κ1) is 56.3. The minimum absolute atomic E-state index is 0.0365. The molecule has 68 heavy (non-hydrogen) atoms.